The molecule has 28 heavy (non-hydrogen) atoms. The number of benzene rings is 3. The van der Waals surface area contributed by atoms with Crippen molar-refractivity contribution in [2.75, 3.05) is 0 Å². The van der Waals surface area contributed by atoms with Crippen molar-refractivity contribution in [1.82, 2.24) is 0 Å². The van der Waals surface area contributed by atoms with Gasteiger partial charge in [-0.25, -0.2) is 0 Å². The molecule has 3 heterocycles. The molecule has 0 spiro atoms. The Morgan fingerprint density at radius 2 is 1.32 bits per heavy atom. The highest BCUT2D eigenvalue weighted by Crippen LogP contribution is 2.57. The SMILES string of the molecule is CC12C=CC(C)(O1)c1c2ccc2c(-c3ccccc3)c(-c3ccccc3)oc12. The number of furan rings is 1. The van der Waals surface area contributed by atoms with Gasteiger partial charge in [-0.1, -0.05) is 72.8 Å². The lowest BCUT2D eigenvalue weighted by molar-refractivity contribution is -0.0493. The van der Waals surface area contributed by atoms with Gasteiger partial charge >= 0.3 is 0 Å². The van der Waals surface area contributed by atoms with Crippen molar-refractivity contribution < 1.29 is 9.15 Å². The second kappa shape index (κ2) is 5.24. The first-order chi connectivity index (χ1) is 13.6. The van der Waals surface area contributed by atoms with Crippen LogP contribution in [0.1, 0.15) is 25.0 Å². The molecule has 2 aliphatic rings. The van der Waals surface area contributed by atoms with Gasteiger partial charge in [0.1, 0.15) is 22.5 Å². The van der Waals surface area contributed by atoms with Crippen LogP contribution < -0.4 is 0 Å². The summed E-state index contributed by atoms with van der Waals surface area (Å²) >= 11 is 0. The normalized spacial score (nSPS) is 24.8. The van der Waals surface area contributed by atoms with Crippen LogP contribution in [0.3, 0.4) is 0 Å². The fraction of sp³-hybridized carbons (Fsp3) is 0.154. The highest BCUT2D eigenvalue weighted by Gasteiger charge is 2.52. The van der Waals surface area contributed by atoms with E-state index in [2.05, 4.69) is 86.7 Å². The summed E-state index contributed by atoms with van der Waals surface area (Å²) in [6, 6.07) is 25.3. The molecule has 2 aliphatic heterocycles. The summed E-state index contributed by atoms with van der Waals surface area (Å²) in [5.41, 5.74) is 5.88. The first-order valence-corrected chi connectivity index (χ1v) is 9.71. The van der Waals surface area contributed by atoms with Crippen LogP contribution in [0, 0.1) is 0 Å². The smallest absolute Gasteiger partial charge is 0.143 e. The maximum absolute atomic E-state index is 6.63. The fourth-order valence-electron chi connectivity index (χ4n) is 4.86. The zero-order valence-corrected chi connectivity index (χ0v) is 15.9. The van der Waals surface area contributed by atoms with E-state index in [1.165, 1.54) is 5.56 Å². The fourth-order valence-corrected chi connectivity index (χ4v) is 4.86. The summed E-state index contributed by atoms with van der Waals surface area (Å²) in [4.78, 5) is 0. The van der Waals surface area contributed by atoms with Crippen molar-refractivity contribution in [3.63, 3.8) is 0 Å². The average Bonchev–Trinajstić information content (AvgIpc) is 3.34. The third-order valence-corrected chi connectivity index (χ3v) is 6.13. The standard InChI is InChI=1S/C26H20O2/c1-25-15-16-26(2,28-25)22-20(25)14-13-19-21(17-9-5-3-6-10-17)23(27-24(19)22)18-11-7-4-8-12-18/h3-16H,1-2H3. The summed E-state index contributed by atoms with van der Waals surface area (Å²) in [6.07, 6.45) is 4.34. The van der Waals surface area contributed by atoms with E-state index < -0.39 is 5.60 Å². The molecule has 2 heteroatoms. The van der Waals surface area contributed by atoms with Crippen molar-refractivity contribution in [2.45, 2.75) is 25.0 Å². The molecule has 0 fully saturated rings. The third-order valence-electron chi connectivity index (χ3n) is 6.13. The topological polar surface area (TPSA) is 22.4 Å². The second-order valence-corrected chi connectivity index (χ2v) is 8.05. The molecule has 0 radical (unpaired) electrons. The van der Waals surface area contributed by atoms with Gasteiger partial charge in [0.25, 0.3) is 0 Å². The lowest BCUT2D eigenvalue weighted by atomic mass is 9.82. The molecular weight excluding hydrogens is 344 g/mol. The van der Waals surface area contributed by atoms with Gasteiger partial charge in [0, 0.05) is 22.1 Å². The van der Waals surface area contributed by atoms with E-state index in [0.717, 1.165) is 39.0 Å². The Morgan fingerprint density at radius 3 is 2.04 bits per heavy atom. The van der Waals surface area contributed by atoms with Crippen molar-refractivity contribution in [2.24, 2.45) is 0 Å². The Labute approximate surface area is 164 Å². The number of ether oxygens (including phenoxy) is 1. The van der Waals surface area contributed by atoms with E-state index in [0.29, 0.717) is 0 Å². The van der Waals surface area contributed by atoms with Gasteiger partial charge in [-0.2, -0.15) is 0 Å². The molecule has 0 aliphatic carbocycles. The quantitative estimate of drug-likeness (QED) is 0.365. The Morgan fingerprint density at radius 1 is 0.679 bits per heavy atom. The van der Waals surface area contributed by atoms with Gasteiger partial charge in [0.2, 0.25) is 0 Å². The molecule has 2 unspecified atom stereocenters. The molecule has 0 N–H and O–H groups in total. The van der Waals surface area contributed by atoms with Gasteiger partial charge in [-0.3, -0.25) is 0 Å². The van der Waals surface area contributed by atoms with Gasteiger partial charge in [-0.15, -0.1) is 0 Å². The number of rotatable bonds is 2. The van der Waals surface area contributed by atoms with E-state index in [1.54, 1.807) is 0 Å². The number of hydrogen-bond donors (Lipinski definition) is 0. The maximum atomic E-state index is 6.63. The molecule has 2 atom stereocenters. The van der Waals surface area contributed by atoms with Crippen molar-refractivity contribution in [3.05, 3.63) is 96.1 Å². The van der Waals surface area contributed by atoms with Crippen molar-refractivity contribution in [1.29, 1.82) is 0 Å². The minimum Gasteiger partial charge on any atom is -0.455 e. The van der Waals surface area contributed by atoms with Crippen LogP contribution in [0.15, 0.2) is 89.4 Å². The molecule has 3 aromatic carbocycles. The molecule has 6 rings (SSSR count). The molecule has 1 aromatic heterocycles. The van der Waals surface area contributed by atoms with Crippen LogP contribution in [0.2, 0.25) is 0 Å². The van der Waals surface area contributed by atoms with E-state index >= 15 is 0 Å². The Hall–Kier alpha value is -3.10. The van der Waals surface area contributed by atoms with Gasteiger partial charge < -0.3 is 9.15 Å². The van der Waals surface area contributed by atoms with Crippen LogP contribution >= 0.6 is 0 Å². The summed E-state index contributed by atoms with van der Waals surface area (Å²) in [6.45, 7) is 4.26. The monoisotopic (exact) mass is 364 g/mol. The Balaban J connectivity index is 1.73. The molecule has 2 nitrogen and oxygen atoms in total. The first kappa shape index (κ1) is 15.9. The molecular formula is C26H20O2. The van der Waals surface area contributed by atoms with Crippen LogP contribution in [0.5, 0.6) is 0 Å². The third kappa shape index (κ3) is 1.96. The molecule has 2 bridgehead atoms. The highest BCUT2D eigenvalue weighted by atomic mass is 16.5. The van der Waals surface area contributed by atoms with E-state index in [9.17, 15) is 0 Å². The van der Waals surface area contributed by atoms with Gasteiger partial charge in [0.15, 0.2) is 0 Å². The largest absolute Gasteiger partial charge is 0.455 e. The van der Waals surface area contributed by atoms with Crippen LogP contribution in [-0.2, 0) is 15.9 Å². The van der Waals surface area contributed by atoms with Crippen LogP contribution in [0.4, 0.5) is 0 Å². The summed E-state index contributed by atoms with van der Waals surface area (Å²) < 4.78 is 13.0. The molecule has 0 saturated heterocycles. The van der Waals surface area contributed by atoms with Gasteiger partial charge in [0.05, 0.1) is 0 Å². The highest BCUT2D eigenvalue weighted by molar-refractivity contribution is 6.04. The van der Waals surface area contributed by atoms with E-state index in [1.807, 2.05) is 12.1 Å². The first-order valence-electron chi connectivity index (χ1n) is 9.71. The van der Waals surface area contributed by atoms with Crippen LogP contribution in [0.25, 0.3) is 33.4 Å². The minimum absolute atomic E-state index is 0.370. The molecule has 0 amide bonds. The predicted octanol–water partition coefficient (Wildman–Crippen LogP) is 6.80. The number of fused-ring (bicyclic) bond motifs is 7. The van der Waals surface area contributed by atoms with E-state index in [-0.39, 0.29) is 5.60 Å². The molecule has 4 aromatic rings. The number of hydrogen-bond acceptors (Lipinski definition) is 2. The molecule has 0 saturated carbocycles. The molecule has 136 valence electrons. The second-order valence-electron chi connectivity index (χ2n) is 8.05. The summed E-state index contributed by atoms with van der Waals surface area (Å²) in [5, 5.41) is 1.14. The van der Waals surface area contributed by atoms with E-state index in [4.69, 9.17) is 9.15 Å². The Kier molecular flexibility index (Phi) is 2.98. The summed E-state index contributed by atoms with van der Waals surface area (Å²) in [5.74, 6) is 0.913. The predicted molar refractivity (Wildman–Crippen MR) is 112 cm³/mol. The van der Waals surface area contributed by atoms with Gasteiger partial charge in [-0.05, 0) is 37.1 Å². The lowest BCUT2D eigenvalue weighted by Crippen LogP contribution is -2.17. The minimum atomic E-state index is -0.441. The zero-order chi connectivity index (χ0) is 18.9. The van der Waals surface area contributed by atoms with Crippen LogP contribution in [-0.4, -0.2) is 0 Å². The van der Waals surface area contributed by atoms with Crippen molar-refractivity contribution in [3.8, 4) is 22.5 Å². The average molecular weight is 364 g/mol. The Bertz CT molecular complexity index is 1250. The lowest BCUT2D eigenvalue weighted by Gasteiger charge is -2.18. The maximum Gasteiger partial charge on any atom is 0.143 e. The zero-order valence-electron chi connectivity index (χ0n) is 15.9. The van der Waals surface area contributed by atoms with Crippen molar-refractivity contribution >= 4 is 11.0 Å². The summed E-state index contributed by atoms with van der Waals surface area (Å²) in [7, 11) is 0.